The predicted octanol–water partition coefficient (Wildman–Crippen LogP) is 3.09. The van der Waals surface area contributed by atoms with E-state index in [9.17, 15) is 14.4 Å². The second-order valence-corrected chi connectivity index (χ2v) is 6.77. The van der Waals surface area contributed by atoms with Crippen LogP contribution >= 0.6 is 0 Å². The zero-order chi connectivity index (χ0) is 20.8. The lowest BCUT2D eigenvalue weighted by atomic mass is 10.0. The van der Waals surface area contributed by atoms with Crippen molar-refractivity contribution in [2.24, 2.45) is 5.92 Å². The van der Waals surface area contributed by atoms with Crippen LogP contribution in [0.3, 0.4) is 0 Å². The molecule has 1 unspecified atom stereocenters. The van der Waals surface area contributed by atoms with E-state index in [2.05, 4.69) is 10.6 Å². The van der Waals surface area contributed by atoms with Crippen molar-refractivity contribution < 1.29 is 24.2 Å². The Morgan fingerprint density at radius 2 is 1.79 bits per heavy atom. The van der Waals surface area contributed by atoms with Gasteiger partial charge in [0, 0.05) is 17.3 Å². The maximum Gasteiger partial charge on any atom is 0.339 e. The van der Waals surface area contributed by atoms with Gasteiger partial charge in [-0.2, -0.15) is 0 Å². The fraction of sp³-hybridized carbons (Fsp3) is 0.286. The lowest BCUT2D eigenvalue weighted by Gasteiger charge is -2.22. The van der Waals surface area contributed by atoms with Crippen LogP contribution in [0.5, 0.6) is 5.75 Å². The third-order valence-corrected chi connectivity index (χ3v) is 4.22. The number of rotatable bonds is 7. The highest BCUT2D eigenvalue weighted by atomic mass is 16.5. The summed E-state index contributed by atoms with van der Waals surface area (Å²) in [6, 6.07) is 10.6. The Kier molecular flexibility index (Phi) is 6.76. The third kappa shape index (κ3) is 5.09. The van der Waals surface area contributed by atoms with Gasteiger partial charge in [-0.3, -0.25) is 9.59 Å². The lowest BCUT2D eigenvalue weighted by molar-refractivity contribution is -0.118. The van der Waals surface area contributed by atoms with E-state index in [1.807, 2.05) is 26.8 Å². The zero-order valence-electron chi connectivity index (χ0n) is 16.3. The Morgan fingerprint density at radius 1 is 1.07 bits per heavy atom. The summed E-state index contributed by atoms with van der Waals surface area (Å²) in [7, 11) is 1.35. The first-order valence-corrected chi connectivity index (χ1v) is 8.82. The Hall–Kier alpha value is -3.35. The molecular formula is C21H24N2O5. The normalized spacial score (nSPS) is 11.6. The third-order valence-electron chi connectivity index (χ3n) is 4.22. The maximum absolute atomic E-state index is 12.7. The van der Waals surface area contributed by atoms with Crippen molar-refractivity contribution in [3.63, 3.8) is 0 Å². The lowest BCUT2D eigenvalue weighted by Crippen LogP contribution is -2.47. The summed E-state index contributed by atoms with van der Waals surface area (Å²) in [4.78, 5) is 36.4. The first-order chi connectivity index (χ1) is 13.2. The molecule has 0 aliphatic carbocycles. The Balaban J connectivity index is 2.17. The molecule has 0 fully saturated rings. The van der Waals surface area contributed by atoms with Gasteiger partial charge in [0.15, 0.2) is 0 Å². The van der Waals surface area contributed by atoms with Gasteiger partial charge >= 0.3 is 5.97 Å². The van der Waals surface area contributed by atoms with Crippen molar-refractivity contribution in [3.8, 4) is 5.75 Å². The molecule has 0 aliphatic heterocycles. The van der Waals surface area contributed by atoms with Crippen LogP contribution in [-0.4, -0.2) is 36.0 Å². The summed E-state index contributed by atoms with van der Waals surface area (Å²) in [6.45, 7) is 5.54. The molecule has 28 heavy (non-hydrogen) atoms. The molecule has 0 bridgehead atoms. The maximum atomic E-state index is 12.7. The standard InChI is InChI=1S/C21H24N2O5/c1-12(2)18(23-19(24)14-7-5-6-13(3)10-14)20(25)22-15-8-9-16(21(26)27)17(11-15)28-4/h5-12,18H,1-4H3,(H,22,25)(H,23,24)(H,26,27). The number of ether oxygens (including phenoxy) is 1. The minimum atomic E-state index is -1.12. The molecule has 2 rings (SSSR count). The van der Waals surface area contributed by atoms with Crippen LogP contribution in [0.25, 0.3) is 0 Å². The number of carboxylic acid groups (broad SMARTS) is 1. The molecule has 2 aromatic carbocycles. The molecule has 7 nitrogen and oxygen atoms in total. The van der Waals surface area contributed by atoms with Gasteiger partial charge in [0.05, 0.1) is 7.11 Å². The number of carboxylic acids is 1. The number of methoxy groups -OCH3 is 1. The van der Waals surface area contributed by atoms with E-state index in [1.54, 1.807) is 18.2 Å². The van der Waals surface area contributed by atoms with E-state index < -0.39 is 17.9 Å². The van der Waals surface area contributed by atoms with Crippen LogP contribution in [-0.2, 0) is 4.79 Å². The number of aromatic carboxylic acids is 1. The number of amides is 2. The zero-order valence-corrected chi connectivity index (χ0v) is 16.3. The van der Waals surface area contributed by atoms with Crippen molar-refractivity contribution >= 4 is 23.5 Å². The minimum Gasteiger partial charge on any atom is -0.496 e. The fourth-order valence-corrected chi connectivity index (χ4v) is 2.71. The van der Waals surface area contributed by atoms with E-state index in [1.165, 1.54) is 25.3 Å². The van der Waals surface area contributed by atoms with Gasteiger partial charge in [0.25, 0.3) is 5.91 Å². The van der Waals surface area contributed by atoms with E-state index >= 15 is 0 Å². The first kappa shape index (κ1) is 21.0. The molecule has 0 saturated carbocycles. The molecule has 7 heteroatoms. The number of carbonyl (C=O) groups is 3. The SMILES string of the molecule is COc1cc(NC(=O)C(NC(=O)c2cccc(C)c2)C(C)C)ccc1C(=O)O. The second kappa shape index (κ2) is 9.03. The topological polar surface area (TPSA) is 105 Å². The summed E-state index contributed by atoms with van der Waals surface area (Å²) in [6.07, 6.45) is 0. The number of hydrogen-bond acceptors (Lipinski definition) is 4. The minimum absolute atomic E-state index is 0.00587. The van der Waals surface area contributed by atoms with E-state index in [4.69, 9.17) is 9.84 Å². The van der Waals surface area contributed by atoms with Gasteiger partial charge in [-0.15, -0.1) is 0 Å². The summed E-state index contributed by atoms with van der Waals surface area (Å²) in [5, 5.41) is 14.6. The van der Waals surface area contributed by atoms with Gasteiger partial charge in [-0.05, 0) is 37.1 Å². The Morgan fingerprint density at radius 3 is 2.36 bits per heavy atom. The number of benzene rings is 2. The molecule has 148 valence electrons. The average molecular weight is 384 g/mol. The number of nitrogens with one attached hydrogen (secondary N) is 2. The van der Waals surface area contributed by atoms with Crippen LogP contribution < -0.4 is 15.4 Å². The molecule has 0 aromatic heterocycles. The van der Waals surface area contributed by atoms with Crippen LogP contribution in [0, 0.1) is 12.8 Å². The monoisotopic (exact) mass is 384 g/mol. The van der Waals surface area contributed by atoms with Gasteiger partial charge in [-0.25, -0.2) is 4.79 Å². The average Bonchev–Trinajstić information content (AvgIpc) is 2.65. The van der Waals surface area contributed by atoms with Crippen LogP contribution in [0.15, 0.2) is 42.5 Å². The van der Waals surface area contributed by atoms with E-state index in [-0.39, 0.29) is 23.1 Å². The van der Waals surface area contributed by atoms with E-state index in [0.29, 0.717) is 11.3 Å². The molecule has 0 aliphatic rings. The molecule has 3 N–H and O–H groups in total. The van der Waals surface area contributed by atoms with Crippen molar-refractivity contribution in [1.29, 1.82) is 0 Å². The van der Waals surface area contributed by atoms with Crippen LogP contribution in [0.2, 0.25) is 0 Å². The van der Waals surface area contributed by atoms with Crippen molar-refractivity contribution in [3.05, 3.63) is 59.2 Å². The largest absolute Gasteiger partial charge is 0.496 e. The summed E-state index contributed by atoms with van der Waals surface area (Å²) in [5.74, 6) is -1.89. The fourth-order valence-electron chi connectivity index (χ4n) is 2.71. The Labute approximate surface area is 163 Å². The molecule has 2 amide bonds. The molecular weight excluding hydrogens is 360 g/mol. The van der Waals surface area contributed by atoms with Gasteiger partial charge in [0.1, 0.15) is 17.4 Å². The summed E-state index contributed by atoms with van der Waals surface area (Å²) in [5.41, 5.74) is 1.80. The molecule has 2 aromatic rings. The number of anilines is 1. The number of aryl methyl sites for hydroxylation is 1. The van der Waals surface area contributed by atoms with Crippen molar-refractivity contribution in [1.82, 2.24) is 5.32 Å². The number of hydrogen-bond donors (Lipinski definition) is 3. The molecule has 0 radical (unpaired) electrons. The molecule has 1 atom stereocenters. The Bertz CT molecular complexity index is 892. The van der Waals surface area contributed by atoms with Crippen LogP contribution in [0.1, 0.15) is 40.1 Å². The van der Waals surface area contributed by atoms with Crippen molar-refractivity contribution in [2.75, 3.05) is 12.4 Å². The quantitative estimate of drug-likeness (QED) is 0.680. The van der Waals surface area contributed by atoms with E-state index in [0.717, 1.165) is 5.56 Å². The highest BCUT2D eigenvalue weighted by Crippen LogP contribution is 2.23. The highest BCUT2D eigenvalue weighted by molar-refractivity contribution is 6.01. The predicted molar refractivity (Wildman–Crippen MR) is 106 cm³/mol. The highest BCUT2D eigenvalue weighted by Gasteiger charge is 2.25. The molecule has 0 spiro atoms. The van der Waals surface area contributed by atoms with Crippen LogP contribution in [0.4, 0.5) is 5.69 Å². The summed E-state index contributed by atoms with van der Waals surface area (Å²) < 4.78 is 5.07. The molecule has 0 saturated heterocycles. The van der Waals surface area contributed by atoms with Gasteiger partial charge < -0.3 is 20.5 Å². The second-order valence-electron chi connectivity index (χ2n) is 6.77. The van der Waals surface area contributed by atoms with Crippen molar-refractivity contribution in [2.45, 2.75) is 26.8 Å². The molecule has 0 heterocycles. The van der Waals surface area contributed by atoms with Gasteiger partial charge in [-0.1, -0.05) is 31.5 Å². The van der Waals surface area contributed by atoms with Gasteiger partial charge in [0.2, 0.25) is 5.91 Å². The first-order valence-electron chi connectivity index (χ1n) is 8.82. The number of carbonyl (C=O) groups excluding carboxylic acids is 2. The smallest absolute Gasteiger partial charge is 0.339 e. The summed E-state index contributed by atoms with van der Waals surface area (Å²) >= 11 is 0.